The number of halogens is 2. The third-order valence-corrected chi connectivity index (χ3v) is 2.86. The first-order valence-electron chi connectivity index (χ1n) is 5.97. The van der Waals surface area contributed by atoms with Gasteiger partial charge in [0.25, 0.3) is 0 Å². The summed E-state index contributed by atoms with van der Waals surface area (Å²) < 4.78 is 32.9. The zero-order valence-corrected chi connectivity index (χ0v) is 10.6. The number of nitrogens with two attached hydrogens (primary N) is 1. The SMILES string of the molecule is Cc1ccc(F)c(C(N)COc2ccccc2)c1F. The quantitative estimate of drug-likeness (QED) is 0.918. The molecule has 0 aliphatic carbocycles. The molecule has 0 amide bonds. The van der Waals surface area contributed by atoms with E-state index in [0.717, 1.165) is 0 Å². The average Bonchev–Trinajstić information content (AvgIpc) is 2.42. The Hall–Kier alpha value is -1.94. The molecule has 0 aliphatic heterocycles. The summed E-state index contributed by atoms with van der Waals surface area (Å²) in [5.74, 6) is -0.636. The summed E-state index contributed by atoms with van der Waals surface area (Å²) in [4.78, 5) is 0. The summed E-state index contributed by atoms with van der Waals surface area (Å²) in [6.45, 7) is 1.59. The molecule has 0 aromatic heterocycles. The fraction of sp³-hybridized carbons (Fsp3) is 0.200. The van der Waals surface area contributed by atoms with Crippen LogP contribution in [0.2, 0.25) is 0 Å². The maximum absolute atomic E-state index is 13.9. The highest BCUT2D eigenvalue weighted by molar-refractivity contribution is 5.29. The van der Waals surface area contributed by atoms with Gasteiger partial charge in [0, 0.05) is 5.56 Å². The van der Waals surface area contributed by atoms with E-state index in [2.05, 4.69) is 0 Å². The van der Waals surface area contributed by atoms with Crippen molar-refractivity contribution in [2.45, 2.75) is 13.0 Å². The highest BCUT2D eigenvalue weighted by Crippen LogP contribution is 2.22. The van der Waals surface area contributed by atoms with Crippen LogP contribution in [-0.2, 0) is 0 Å². The van der Waals surface area contributed by atoms with Crippen molar-refractivity contribution in [2.24, 2.45) is 5.73 Å². The Morgan fingerprint density at radius 1 is 1.11 bits per heavy atom. The van der Waals surface area contributed by atoms with Gasteiger partial charge in [-0.3, -0.25) is 0 Å². The molecule has 1 atom stereocenters. The summed E-state index contributed by atoms with van der Waals surface area (Å²) in [6.07, 6.45) is 0. The Labute approximate surface area is 110 Å². The number of hydrogen-bond donors (Lipinski definition) is 1. The van der Waals surface area contributed by atoms with Gasteiger partial charge < -0.3 is 10.5 Å². The van der Waals surface area contributed by atoms with E-state index in [1.54, 1.807) is 19.1 Å². The summed E-state index contributed by atoms with van der Waals surface area (Å²) in [5, 5.41) is 0. The van der Waals surface area contributed by atoms with Crippen molar-refractivity contribution in [2.75, 3.05) is 6.61 Å². The summed E-state index contributed by atoms with van der Waals surface area (Å²) in [5.41, 5.74) is 6.05. The van der Waals surface area contributed by atoms with Crippen molar-refractivity contribution in [3.63, 3.8) is 0 Å². The molecular formula is C15H15F2NO. The van der Waals surface area contributed by atoms with E-state index < -0.39 is 17.7 Å². The minimum absolute atomic E-state index is 0.0152. The summed E-state index contributed by atoms with van der Waals surface area (Å²) in [6, 6.07) is 10.8. The second kappa shape index (κ2) is 5.80. The van der Waals surface area contributed by atoms with E-state index in [1.807, 2.05) is 18.2 Å². The molecule has 2 aromatic rings. The van der Waals surface area contributed by atoms with E-state index in [4.69, 9.17) is 10.5 Å². The predicted molar refractivity (Wildman–Crippen MR) is 70.0 cm³/mol. The van der Waals surface area contributed by atoms with E-state index in [1.165, 1.54) is 12.1 Å². The van der Waals surface area contributed by atoms with Gasteiger partial charge in [0.15, 0.2) is 0 Å². The minimum Gasteiger partial charge on any atom is -0.492 e. The van der Waals surface area contributed by atoms with Crippen molar-refractivity contribution in [1.29, 1.82) is 0 Å². The zero-order valence-electron chi connectivity index (χ0n) is 10.6. The molecule has 0 aliphatic rings. The molecule has 19 heavy (non-hydrogen) atoms. The van der Waals surface area contributed by atoms with Crippen molar-refractivity contribution in [3.8, 4) is 5.75 Å². The molecule has 2 nitrogen and oxygen atoms in total. The van der Waals surface area contributed by atoms with Gasteiger partial charge in [-0.25, -0.2) is 8.78 Å². The molecule has 0 radical (unpaired) electrons. The van der Waals surface area contributed by atoms with Crippen LogP contribution >= 0.6 is 0 Å². The molecule has 0 saturated carbocycles. The molecule has 0 heterocycles. The van der Waals surface area contributed by atoms with Gasteiger partial charge in [-0.05, 0) is 30.7 Å². The Balaban J connectivity index is 2.12. The standard InChI is InChI=1S/C15H15F2NO/c1-10-7-8-12(16)14(15(10)17)13(18)9-19-11-5-3-2-4-6-11/h2-8,13H,9,18H2,1H3. The topological polar surface area (TPSA) is 35.2 Å². The van der Waals surface area contributed by atoms with Crippen molar-refractivity contribution < 1.29 is 13.5 Å². The minimum atomic E-state index is -0.847. The van der Waals surface area contributed by atoms with Gasteiger partial charge in [0.05, 0.1) is 6.04 Å². The van der Waals surface area contributed by atoms with E-state index in [9.17, 15) is 8.78 Å². The lowest BCUT2D eigenvalue weighted by Gasteiger charge is -2.16. The lowest BCUT2D eigenvalue weighted by molar-refractivity contribution is 0.284. The molecule has 2 aromatic carbocycles. The van der Waals surface area contributed by atoms with Gasteiger partial charge in [0.1, 0.15) is 24.0 Å². The van der Waals surface area contributed by atoms with E-state index in [0.29, 0.717) is 11.3 Å². The molecule has 0 bridgehead atoms. The highest BCUT2D eigenvalue weighted by Gasteiger charge is 2.18. The van der Waals surface area contributed by atoms with Crippen molar-refractivity contribution in [1.82, 2.24) is 0 Å². The van der Waals surface area contributed by atoms with Crippen LogP contribution in [0.1, 0.15) is 17.2 Å². The Morgan fingerprint density at radius 3 is 2.47 bits per heavy atom. The molecule has 0 fully saturated rings. The second-order valence-corrected chi connectivity index (χ2v) is 4.32. The monoisotopic (exact) mass is 263 g/mol. The highest BCUT2D eigenvalue weighted by atomic mass is 19.1. The Kier molecular flexibility index (Phi) is 4.12. The average molecular weight is 263 g/mol. The number of rotatable bonds is 4. The first-order chi connectivity index (χ1) is 9.09. The molecule has 2 N–H and O–H groups in total. The first-order valence-corrected chi connectivity index (χ1v) is 5.97. The van der Waals surface area contributed by atoms with Gasteiger partial charge in [-0.1, -0.05) is 24.3 Å². The van der Waals surface area contributed by atoms with Crippen LogP contribution in [0.4, 0.5) is 8.78 Å². The molecule has 4 heteroatoms. The molecule has 0 saturated heterocycles. The number of ether oxygens (including phenoxy) is 1. The van der Waals surface area contributed by atoms with E-state index >= 15 is 0 Å². The van der Waals surface area contributed by atoms with Crippen LogP contribution in [-0.4, -0.2) is 6.61 Å². The van der Waals surface area contributed by atoms with Crippen LogP contribution in [0.25, 0.3) is 0 Å². The smallest absolute Gasteiger partial charge is 0.133 e. The molecule has 1 unspecified atom stereocenters. The summed E-state index contributed by atoms with van der Waals surface area (Å²) in [7, 11) is 0. The maximum Gasteiger partial charge on any atom is 0.133 e. The third-order valence-electron chi connectivity index (χ3n) is 2.86. The largest absolute Gasteiger partial charge is 0.492 e. The van der Waals surface area contributed by atoms with Gasteiger partial charge in [-0.15, -0.1) is 0 Å². The van der Waals surface area contributed by atoms with Crippen molar-refractivity contribution in [3.05, 3.63) is 65.2 Å². The lowest BCUT2D eigenvalue weighted by Crippen LogP contribution is -2.22. The maximum atomic E-state index is 13.9. The molecular weight excluding hydrogens is 248 g/mol. The first kappa shape index (κ1) is 13.5. The Morgan fingerprint density at radius 2 is 1.79 bits per heavy atom. The van der Waals surface area contributed by atoms with E-state index in [-0.39, 0.29) is 12.2 Å². The normalized spacial score (nSPS) is 12.2. The zero-order chi connectivity index (χ0) is 13.8. The number of para-hydroxylation sites is 1. The predicted octanol–water partition coefficient (Wildman–Crippen LogP) is 3.35. The van der Waals surface area contributed by atoms with Crippen molar-refractivity contribution >= 4 is 0 Å². The fourth-order valence-corrected chi connectivity index (χ4v) is 1.80. The van der Waals surface area contributed by atoms with Crippen LogP contribution in [0.3, 0.4) is 0 Å². The second-order valence-electron chi connectivity index (χ2n) is 4.32. The third kappa shape index (κ3) is 3.09. The summed E-state index contributed by atoms with van der Waals surface area (Å²) >= 11 is 0. The molecule has 100 valence electrons. The molecule has 0 spiro atoms. The lowest BCUT2D eigenvalue weighted by atomic mass is 10.0. The van der Waals surface area contributed by atoms with Crippen LogP contribution in [0, 0.1) is 18.6 Å². The van der Waals surface area contributed by atoms with Crippen LogP contribution < -0.4 is 10.5 Å². The van der Waals surface area contributed by atoms with Gasteiger partial charge in [-0.2, -0.15) is 0 Å². The fourth-order valence-electron chi connectivity index (χ4n) is 1.80. The van der Waals surface area contributed by atoms with Gasteiger partial charge >= 0.3 is 0 Å². The van der Waals surface area contributed by atoms with Crippen LogP contribution in [0.15, 0.2) is 42.5 Å². The number of aryl methyl sites for hydroxylation is 1. The van der Waals surface area contributed by atoms with Gasteiger partial charge in [0.2, 0.25) is 0 Å². The number of hydrogen-bond acceptors (Lipinski definition) is 2. The number of benzene rings is 2. The molecule has 2 rings (SSSR count). The van der Waals surface area contributed by atoms with Crippen LogP contribution in [0.5, 0.6) is 5.75 Å². The Bertz CT molecular complexity index is 558.